The molecule has 14 heavy (non-hydrogen) atoms. The molecule has 0 aromatic carbocycles. The van der Waals surface area contributed by atoms with Gasteiger partial charge in [0.2, 0.25) is 0 Å². The van der Waals surface area contributed by atoms with Crippen LogP contribution in [0.15, 0.2) is 0 Å². The van der Waals surface area contributed by atoms with Crippen LogP contribution in [0.2, 0.25) is 0 Å². The molecule has 0 aromatic rings. The summed E-state index contributed by atoms with van der Waals surface area (Å²) in [5.74, 6) is 0.0911. The molecule has 1 aliphatic heterocycles. The van der Waals surface area contributed by atoms with Crippen LogP contribution in [-0.2, 0) is 9.53 Å². The van der Waals surface area contributed by atoms with E-state index in [1.807, 2.05) is 4.90 Å². The first-order valence-corrected chi connectivity index (χ1v) is 5.13. The van der Waals surface area contributed by atoms with Gasteiger partial charge in [0.25, 0.3) is 5.91 Å². The van der Waals surface area contributed by atoms with Crippen LogP contribution in [0, 0.1) is 0 Å². The fraction of sp³-hybridized carbons (Fsp3) is 0.900. The van der Waals surface area contributed by atoms with Gasteiger partial charge >= 0.3 is 0 Å². The minimum atomic E-state index is -0.331. The summed E-state index contributed by atoms with van der Waals surface area (Å²) in [5, 5.41) is 3.34. The molecule has 0 bridgehead atoms. The number of methoxy groups -OCH3 is 1. The van der Waals surface area contributed by atoms with E-state index in [1.165, 1.54) is 0 Å². The van der Waals surface area contributed by atoms with Crippen molar-refractivity contribution in [1.29, 1.82) is 0 Å². The Morgan fingerprint density at radius 1 is 1.57 bits per heavy atom. The molecule has 3 atom stereocenters. The summed E-state index contributed by atoms with van der Waals surface area (Å²) >= 11 is 0. The van der Waals surface area contributed by atoms with E-state index in [-0.39, 0.29) is 18.1 Å². The highest BCUT2D eigenvalue weighted by Crippen LogP contribution is 2.09. The second kappa shape index (κ2) is 4.75. The predicted octanol–water partition coefficient (Wildman–Crippen LogP) is 0.230. The van der Waals surface area contributed by atoms with E-state index in [1.54, 1.807) is 14.0 Å². The first-order valence-electron chi connectivity index (χ1n) is 5.13. The Morgan fingerprint density at radius 3 is 2.79 bits per heavy atom. The van der Waals surface area contributed by atoms with Crippen LogP contribution in [0.25, 0.3) is 0 Å². The summed E-state index contributed by atoms with van der Waals surface area (Å²) in [6, 6.07) is 0.635. The van der Waals surface area contributed by atoms with Gasteiger partial charge in [0.05, 0.1) is 0 Å². The highest BCUT2D eigenvalue weighted by Gasteiger charge is 2.29. The van der Waals surface area contributed by atoms with Gasteiger partial charge in [-0.25, -0.2) is 0 Å². The summed E-state index contributed by atoms with van der Waals surface area (Å²) in [5.41, 5.74) is 0. The van der Waals surface area contributed by atoms with Gasteiger partial charge in [-0.2, -0.15) is 0 Å². The fourth-order valence-electron chi connectivity index (χ4n) is 1.66. The van der Waals surface area contributed by atoms with Gasteiger partial charge in [-0.3, -0.25) is 4.79 Å². The lowest BCUT2D eigenvalue weighted by Crippen LogP contribution is -2.58. The number of ether oxygens (including phenoxy) is 1. The summed E-state index contributed by atoms with van der Waals surface area (Å²) in [6.45, 7) is 7.57. The van der Waals surface area contributed by atoms with Crippen LogP contribution in [0.1, 0.15) is 20.8 Å². The molecule has 0 aromatic heterocycles. The van der Waals surface area contributed by atoms with Gasteiger partial charge in [0, 0.05) is 32.3 Å². The number of carbonyl (C=O) groups is 1. The van der Waals surface area contributed by atoms with E-state index in [9.17, 15) is 4.79 Å². The van der Waals surface area contributed by atoms with Crippen molar-refractivity contribution in [2.75, 3.05) is 20.2 Å². The SMILES string of the molecule is COC(C)C(=O)N1CC(C)NCC1C. The number of hydrogen-bond acceptors (Lipinski definition) is 3. The van der Waals surface area contributed by atoms with Crippen LogP contribution < -0.4 is 5.32 Å². The Bertz CT molecular complexity index is 208. The van der Waals surface area contributed by atoms with Gasteiger partial charge in [-0.05, 0) is 20.8 Å². The molecule has 1 aliphatic rings. The summed E-state index contributed by atoms with van der Waals surface area (Å²) in [4.78, 5) is 13.8. The molecule has 82 valence electrons. The van der Waals surface area contributed by atoms with Crippen molar-refractivity contribution in [1.82, 2.24) is 10.2 Å². The molecule has 1 fully saturated rings. The van der Waals surface area contributed by atoms with E-state index >= 15 is 0 Å². The first-order chi connectivity index (χ1) is 6.56. The van der Waals surface area contributed by atoms with E-state index < -0.39 is 0 Å². The number of carbonyl (C=O) groups excluding carboxylic acids is 1. The van der Waals surface area contributed by atoms with Crippen LogP contribution in [0.5, 0.6) is 0 Å². The second-order valence-electron chi connectivity index (χ2n) is 4.03. The Hall–Kier alpha value is -0.610. The molecule has 0 radical (unpaired) electrons. The molecule has 4 nitrogen and oxygen atoms in total. The van der Waals surface area contributed by atoms with Crippen molar-refractivity contribution >= 4 is 5.91 Å². The highest BCUT2D eigenvalue weighted by atomic mass is 16.5. The van der Waals surface area contributed by atoms with Crippen molar-refractivity contribution in [2.45, 2.75) is 39.0 Å². The molecule has 0 spiro atoms. The molecule has 1 N–H and O–H groups in total. The number of piperazine rings is 1. The van der Waals surface area contributed by atoms with Gasteiger partial charge < -0.3 is 15.0 Å². The zero-order chi connectivity index (χ0) is 10.7. The van der Waals surface area contributed by atoms with Crippen molar-refractivity contribution in [3.63, 3.8) is 0 Å². The maximum atomic E-state index is 11.9. The third-order valence-corrected chi connectivity index (χ3v) is 2.75. The number of rotatable bonds is 2. The zero-order valence-electron chi connectivity index (χ0n) is 9.41. The summed E-state index contributed by atoms with van der Waals surface area (Å²) in [6.07, 6.45) is -0.331. The molecule has 0 saturated carbocycles. The van der Waals surface area contributed by atoms with Crippen molar-refractivity contribution < 1.29 is 9.53 Å². The second-order valence-corrected chi connectivity index (χ2v) is 4.03. The van der Waals surface area contributed by atoms with Crippen LogP contribution in [0.4, 0.5) is 0 Å². The molecule has 4 heteroatoms. The van der Waals surface area contributed by atoms with Gasteiger partial charge in [0.1, 0.15) is 6.10 Å². The number of nitrogens with one attached hydrogen (secondary N) is 1. The number of amides is 1. The monoisotopic (exact) mass is 200 g/mol. The lowest BCUT2D eigenvalue weighted by Gasteiger charge is -2.38. The highest BCUT2D eigenvalue weighted by molar-refractivity contribution is 5.81. The lowest BCUT2D eigenvalue weighted by molar-refractivity contribution is -0.144. The maximum Gasteiger partial charge on any atom is 0.251 e. The zero-order valence-corrected chi connectivity index (χ0v) is 9.41. The first kappa shape index (κ1) is 11.5. The van der Waals surface area contributed by atoms with Crippen molar-refractivity contribution in [3.8, 4) is 0 Å². The molecule has 1 heterocycles. The average molecular weight is 200 g/mol. The van der Waals surface area contributed by atoms with E-state index in [0.29, 0.717) is 6.04 Å². The molecule has 0 aliphatic carbocycles. The van der Waals surface area contributed by atoms with Gasteiger partial charge in [0.15, 0.2) is 0 Å². The lowest BCUT2D eigenvalue weighted by atomic mass is 10.1. The minimum absolute atomic E-state index is 0.0911. The fourth-order valence-corrected chi connectivity index (χ4v) is 1.66. The maximum absolute atomic E-state index is 11.9. The van der Waals surface area contributed by atoms with Crippen LogP contribution >= 0.6 is 0 Å². The third kappa shape index (κ3) is 2.45. The Balaban J connectivity index is 2.60. The van der Waals surface area contributed by atoms with E-state index in [0.717, 1.165) is 13.1 Å². The van der Waals surface area contributed by atoms with Crippen LogP contribution in [-0.4, -0.2) is 49.2 Å². The topological polar surface area (TPSA) is 41.6 Å². The Kier molecular flexibility index (Phi) is 3.89. The molecule has 1 amide bonds. The quantitative estimate of drug-likeness (QED) is 0.694. The van der Waals surface area contributed by atoms with Gasteiger partial charge in [-0.1, -0.05) is 0 Å². The van der Waals surface area contributed by atoms with Crippen molar-refractivity contribution in [3.05, 3.63) is 0 Å². The smallest absolute Gasteiger partial charge is 0.251 e. The normalized spacial score (nSPS) is 30.1. The molecule has 3 unspecified atom stereocenters. The van der Waals surface area contributed by atoms with Gasteiger partial charge in [-0.15, -0.1) is 0 Å². The van der Waals surface area contributed by atoms with Crippen LogP contribution in [0.3, 0.4) is 0 Å². The van der Waals surface area contributed by atoms with E-state index in [2.05, 4.69) is 19.2 Å². The average Bonchev–Trinajstić information content (AvgIpc) is 2.19. The molecule has 1 rings (SSSR count). The van der Waals surface area contributed by atoms with Crippen molar-refractivity contribution in [2.24, 2.45) is 0 Å². The Labute approximate surface area is 85.6 Å². The molecular weight excluding hydrogens is 180 g/mol. The largest absolute Gasteiger partial charge is 0.372 e. The summed E-state index contributed by atoms with van der Waals surface area (Å²) < 4.78 is 5.04. The number of hydrogen-bond donors (Lipinski definition) is 1. The number of nitrogens with zero attached hydrogens (tertiary/aromatic N) is 1. The minimum Gasteiger partial charge on any atom is -0.372 e. The third-order valence-electron chi connectivity index (χ3n) is 2.75. The van der Waals surface area contributed by atoms with E-state index in [4.69, 9.17) is 4.74 Å². The Morgan fingerprint density at radius 2 is 2.21 bits per heavy atom. The molecule has 1 saturated heterocycles. The molecular formula is C10H20N2O2. The predicted molar refractivity (Wildman–Crippen MR) is 55.1 cm³/mol. The summed E-state index contributed by atoms with van der Waals surface area (Å²) in [7, 11) is 1.57. The standard InChI is InChI=1S/C10H20N2O2/c1-7-6-12(8(2)5-11-7)10(13)9(3)14-4/h7-9,11H,5-6H2,1-4H3.